The minimum atomic E-state index is -0.742. The van der Waals surface area contributed by atoms with Crippen LogP contribution in [0.3, 0.4) is 0 Å². The molecule has 6 rings (SSSR count). The fraction of sp³-hybridized carbons (Fsp3) is 0.529. The van der Waals surface area contributed by atoms with Gasteiger partial charge in [-0.25, -0.2) is 9.59 Å². The summed E-state index contributed by atoms with van der Waals surface area (Å²) in [5.41, 5.74) is 3.16. The van der Waals surface area contributed by atoms with Crippen molar-refractivity contribution in [3.63, 3.8) is 0 Å². The number of hydrogen-bond acceptors (Lipinski definition) is 12. The van der Waals surface area contributed by atoms with Crippen LogP contribution in [0.25, 0.3) is 10.8 Å². The lowest BCUT2D eigenvalue weighted by molar-refractivity contribution is -0.145. The molecule has 0 unspecified atom stereocenters. The average molecular weight is 1180 g/mol. The van der Waals surface area contributed by atoms with Gasteiger partial charge in [-0.3, -0.25) is 48.2 Å². The van der Waals surface area contributed by atoms with Gasteiger partial charge in [0.15, 0.2) is 0 Å². The van der Waals surface area contributed by atoms with Crippen molar-refractivity contribution < 1.29 is 57.4 Å². The summed E-state index contributed by atoms with van der Waals surface area (Å²) in [6, 6.07) is 23.9. The Morgan fingerprint density at radius 3 is 0.953 bits per heavy atom. The van der Waals surface area contributed by atoms with Crippen molar-refractivity contribution >= 4 is 70.0 Å². The highest BCUT2D eigenvalue weighted by molar-refractivity contribution is 6.33. The Bertz CT molecular complexity index is 2650. The van der Waals surface area contributed by atoms with Gasteiger partial charge in [-0.05, 0) is 86.8 Å². The van der Waals surface area contributed by atoms with E-state index in [0.29, 0.717) is 97.5 Å². The summed E-state index contributed by atoms with van der Waals surface area (Å²) < 4.78 is 9.76. The van der Waals surface area contributed by atoms with Crippen molar-refractivity contribution in [2.75, 3.05) is 40.4 Å². The lowest BCUT2D eigenvalue weighted by atomic mass is 9.86. The van der Waals surface area contributed by atoms with E-state index in [9.17, 15) is 47.9 Å². The second kappa shape index (κ2) is 36.9. The molecule has 2 aliphatic heterocycles. The van der Waals surface area contributed by atoms with Gasteiger partial charge in [0.05, 0.1) is 14.2 Å². The number of amides is 8. The molecule has 2 atom stereocenters. The highest BCUT2D eigenvalue weighted by Crippen LogP contribution is 2.38. The zero-order valence-electron chi connectivity index (χ0n) is 50.7. The first kappa shape index (κ1) is 67.4. The predicted octanol–water partition coefficient (Wildman–Crippen LogP) is 10.2. The molecule has 464 valence electrons. The predicted molar refractivity (Wildman–Crippen MR) is 329 cm³/mol. The molecule has 8 amide bonds. The van der Waals surface area contributed by atoms with Crippen molar-refractivity contribution in [1.29, 1.82) is 0 Å². The van der Waals surface area contributed by atoms with Gasteiger partial charge in [-0.15, -0.1) is 0 Å². The van der Waals surface area contributed by atoms with Crippen molar-refractivity contribution in [3.8, 4) is 0 Å². The zero-order valence-corrected chi connectivity index (χ0v) is 50.7. The van der Waals surface area contributed by atoms with E-state index in [1.54, 1.807) is 24.3 Å². The van der Waals surface area contributed by atoms with E-state index in [1.165, 1.54) is 24.0 Å². The number of nitrogens with zero attached hydrogens (tertiary/aromatic N) is 2. The number of ether oxygens (including phenoxy) is 2. The fourth-order valence-corrected chi connectivity index (χ4v) is 11.3. The van der Waals surface area contributed by atoms with E-state index in [-0.39, 0.29) is 49.6 Å². The smallest absolute Gasteiger partial charge is 0.328 e. The molecule has 18 heteroatoms. The molecule has 0 saturated heterocycles. The Hall–Kier alpha value is -7.76. The monoisotopic (exact) mass is 1180 g/mol. The molecular weight excluding hydrogens is 1090 g/mol. The Morgan fingerprint density at radius 1 is 0.360 bits per heavy atom. The van der Waals surface area contributed by atoms with Gasteiger partial charge in [0, 0.05) is 97.7 Å². The second-order valence-corrected chi connectivity index (χ2v) is 22.7. The van der Waals surface area contributed by atoms with Gasteiger partial charge in [0.25, 0.3) is 23.6 Å². The number of unbranched alkanes of at least 4 members (excludes halogenated alkanes) is 18. The summed E-state index contributed by atoms with van der Waals surface area (Å²) in [7, 11) is 2.62. The van der Waals surface area contributed by atoms with Gasteiger partial charge in [-0.1, -0.05) is 151 Å². The third-order valence-corrected chi connectivity index (χ3v) is 16.1. The van der Waals surface area contributed by atoms with Crippen LogP contribution in [0.5, 0.6) is 0 Å². The average Bonchev–Trinajstić information content (AvgIpc) is 0.734. The van der Waals surface area contributed by atoms with Crippen LogP contribution in [0.15, 0.2) is 84.9 Å². The second-order valence-electron chi connectivity index (χ2n) is 22.7. The van der Waals surface area contributed by atoms with Crippen LogP contribution in [0.1, 0.15) is 220 Å². The van der Waals surface area contributed by atoms with E-state index >= 15 is 0 Å². The number of carbonyl (C=O) groups is 10. The first-order chi connectivity index (χ1) is 41.8. The quantitative estimate of drug-likeness (QED) is 0.0184. The van der Waals surface area contributed by atoms with Crippen LogP contribution >= 0.6 is 0 Å². The SMILES string of the molecule is COC(=O)[C@H](Cc1ccccc1)NC(=O)CCCCCNC(=O)CCCCCCCCCCN1C(=O)c2ccc3c4c(ccc(c24)C1=O)C(=O)N(CCCCCCCCCCC(=O)NCCCCCC(=O)N[C@@H](Cc1ccccc1)C(=O)OC)C3=O. The number of nitrogens with one attached hydrogen (secondary N) is 4. The minimum absolute atomic E-state index is 0.0248. The van der Waals surface area contributed by atoms with E-state index in [1.807, 2.05) is 60.7 Å². The Kier molecular flexibility index (Phi) is 28.9. The standard InChI is InChI=1S/C68H90N6O12/c1-85-67(83)55(47-49-31-19-15-20-32-49)71-59(77)37-25-17-27-43-69-57(75)35-23-11-7-3-5-9-13-29-45-73-63(79)51-39-41-53-62-54(42-40-52(61(51)62)64(73)80)66(82)74(65(53)81)46-30-14-10-6-4-8-12-24-36-58(76)70-44-28-18-26-38-60(78)72-56(68(84)86-2)48-50-33-21-16-22-34-50/h15-16,19-22,31-34,39-42,55-56H,3-14,17-18,23-30,35-38,43-48H2,1-2H3,(H,69,75)(H,70,76)(H,71,77)(H,72,78)/t55-,56-/m0/s1. The van der Waals surface area contributed by atoms with Crippen molar-refractivity contribution in [2.45, 2.75) is 192 Å². The van der Waals surface area contributed by atoms with Gasteiger partial charge in [0.2, 0.25) is 23.6 Å². The Morgan fingerprint density at radius 2 is 0.640 bits per heavy atom. The highest BCUT2D eigenvalue weighted by Gasteiger charge is 2.39. The van der Waals surface area contributed by atoms with Crippen LogP contribution < -0.4 is 21.3 Å². The van der Waals surface area contributed by atoms with Crippen molar-refractivity contribution in [1.82, 2.24) is 31.1 Å². The zero-order chi connectivity index (χ0) is 61.5. The van der Waals surface area contributed by atoms with Gasteiger partial charge < -0.3 is 30.7 Å². The van der Waals surface area contributed by atoms with Gasteiger partial charge in [0.1, 0.15) is 12.1 Å². The third kappa shape index (κ3) is 21.3. The molecule has 0 aliphatic carbocycles. The maximum Gasteiger partial charge on any atom is 0.328 e. The molecule has 0 bridgehead atoms. The molecule has 4 N–H and O–H groups in total. The first-order valence-corrected chi connectivity index (χ1v) is 31.5. The third-order valence-electron chi connectivity index (χ3n) is 16.1. The molecule has 4 aromatic carbocycles. The molecule has 4 aromatic rings. The Balaban J connectivity index is 0.757. The summed E-state index contributed by atoms with van der Waals surface area (Å²) in [5.74, 6) is -2.98. The number of rotatable bonds is 42. The van der Waals surface area contributed by atoms with E-state index in [2.05, 4.69) is 21.3 Å². The molecule has 2 heterocycles. The highest BCUT2D eigenvalue weighted by atomic mass is 16.5. The van der Waals surface area contributed by atoms with Crippen LogP contribution in [0.2, 0.25) is 0 Å². The molecule has 0 fully saturated rings. The van der Waals surface area contributed by atoms with Gasteiger partial charge in [-0.2, -0.15) is 0 Å². The lowest BCUT2D eigenvalue weighted by Crippen LogP contribution is -2.43. The minimum Gasteiger partial charge on any atom is -0.467 e. The summed E-state index contributed by atoms with van der Waals surface area (Å²) in [6.07, 6.45) is 21.2. The number of carbonyl (C=O) groups excluding carboxylic acids is 10. The van der Waals surface area contributed by atoms with Gasteiger partial charge >= 0.3 is 11.9 Å². The number of methoxy groups -OCH3 is 2. The van der Waals surface area contributed by atoms with E-state index < -0.39 is 47.7 Å². The van der Waals surface area contributed by atoms with Crippen molar-refractivity contribution in [3.05, 3.63) is 118 Å². The molecule has 0 spiro atoms. The molecule has 2 aliphatic rings. The summed E-state index contributed by atoms with van der Waals surface area (Å²) >= 11 is 0. The molecular formula is C68H90N6O12. The van der Waals surface area contributed by atoms with Crippen LogP contribution in [0.4, 0.5) is 0 Å². The number of hydrogen-bond donors (Lipinski definition) is 4. The van der Waals surface area contributed by atoms with E-state index in [4.69, 9.17) is 9.47 Å². The topological polar surface area (TPSA) is 244 Å². The summed E-state index contributed by atoms with van der Waals surface area (Å²) in [5, 5.41) is 12.3. The largest absolute Gasteiger partial charge is 0.467 e. The molecule has 86 heavy (non-hydrogen) atoms. The first-order valence-electron chi connectivity index (χ1n) is 31.5. The fourth-order valence-electron chi connectivity index (χ4n) is 11.3. The number of benzene rings is 4. The maximum absolute atomic E-state index is 13.8. The van der Waals surface area contributed by atoms with Crippen LogP contribution in [-0.2, 0) is 51.1 Å². The Labute approximate surface area is 507 Å². The maximum atomic E-state index is 13.8. The number of esters is 2. The lowest BCUT2D eigenvalue weighted by Gasteiger charge is -2.32. The summed E-state index contributed by atoms with van der Waals surface area (Å²) in [4.78, 5) is 132. The van der Waals surface area contributed by atoms with Crippen LogP contribution in [0, 0.1) is 0 Å². The van der Waals surface area contributed by atoms with E-state index in [0.717, 1.165) is 127 Å². The molecule has 0 saturated carbocycles. The van der Waals surface area contributed by atoms with Crippen LogP contribution in [-0.4, -0.2) is 121 Å². The normalized spacial score (nSPS) is 13.3. The molecule has 18 nitrogen and oxygen atoms in total. The van der Waals surface area contributed by atoms with Crippen molar-refractivity contribution in [2.24, 2.45) is 0 Å². The molecule has 0 radical (unpaired) electrons. The molecule has 0 aromatic heterocycles. The number of imide groups is 2. The summed E-state index contributed by atoms with van der Waals surface area (Å²) in [6.45, 7) is 1.66.